The van der Waals surface area contributed by atoms with Crippen LogP contribution in [0.2, 0.25) is 5.02 Å². The Morgan fingerprint density at radius 3 is 2.37 bits per heavy atom. The van der Waals surface area contributed by atoms with Crippen molar-refractivity contribution in [1.82, 2.24) is 4.90 Å². The number of halogens is 1. The number of benzene rings is 2. The Bertz CT molecular complexity index is 1420. The fourth-order valence-electron chi connectivity index (χ4n) is 7.16. The zero-order chi connectivity index (χ0) is 28.9. The zero-order valence-corrected chi connectivity index (χ0v) is 24.0. The number of likely N-dealkylation sites (tertiary alicyclic amines) is 1. The number of aliphatic hydroxyl groups is 1. The molecular formula is C32H34ClN3O5. The van der Waals surface area contributed by atoms with E-state index in [0.717, 1.165) is 11.3 Å². The van der Waals surface area contributed by atoms with Crippen LogP contribution in [0.4, 0.5) is 11.4 Å². The number of carbonyl (C=O) groups excluding carboxylic acids is 3. The van der Waals surface area contributed by atoms with E-state index in [1.165, 1.54) is 0 Å². The lowest BCUT2D eigenvalue weighted by atomic mass is 9.74. The SMILES string of the molecule is Cc1cccc(Cl)c1N1CC=C[C@]23O[C@]4(C)C=CCN(c5ccccc5)C(=O)[C@@H]4[C@H]2C(=O)N(CCCCO)C3C1=O. The van der Waals surface area contributed by atoms with E-state index in [2.05, 4.69) is 0 Å². The summed E-state index contributed by atoms with van der Waals surface area (Å²) >= 11 is 6.62. The molecule has 0 radical (unpaired) electrons. The standard InChI is InChI=1S/C32H34ClN3O5/c1-21-11-8-14-23(33)26(21)35-19-10-16-32-25(29(39)36(17-6-7-20-37)27(32)30(35)40)24-28(38)34(22-12-4-3-5-13-22)18-9-15-31(24,2)41-32/h3-5,8-16,24-25,27,37H,6-7,17-20H2,1-2H3/t24-,25-,27?,31+,32-/m0/s1. The molecule has 1 unspecified atom stereocenters. The molecule has 1 spiro atoms. The zero-order valence-electron chi connectivity index (χ0n) is 23.2. The average molecular weight is 576 g/mol. The van der Waals surface area contributed by atoms with E-state index in [1.807, 2.05) is 80.6 Å². The van der Waals surface area contributed by atoms with Crippen molar-refractivity contribution in [2.45, 2.75) is 43.9 Å². The molecule has 9 heteroatoms. The lowest BCUT2D eigenvalue weighted by molar-refractivity contribution is -0.144. The molecule has 0 saturated carbocycles. The second-order valence-corrected chi connectivity index (χ2v) is 11.8. The number of rotatable bonds is 6. The minimum atomic E-state index is -1.35. The Kier molecular flexibility index (Phi) is 7.04. The molecule has 8 nitrogen and oxygen atoms in total. The first-order valence-corrected chi connectivity index (χ1v) is 14.5. The molecule has 0 aliphatic carbocycles. The predicted octanol–water partition coefficient (Wildman–Crippen LogP) is 3.90. The van der Waals surface area contributed by atoms with E-state index >= 15 is 0 Å². The number of unbranched alkanes of at least 4 members (excludes halogenated alkanes) is 1. The largest absolute Gasteiger partial charge is 0.396 e. The van der Waals surface area contributed by atoms with Gasteiger partial charge in [-0.1, -0.05) is 66.2 Å². The summed E-state index contributed by atoms with van der Waals surface area (Å²) in [5, 5.41) is 9.89. The van der Waals surface area contributed by atoms with Crippen LogP contribution in [0.15, 0.2) is 72.8 Å². The molecule has 5 atom stereocenters. The first-order chi connectivity index (χ1) is 19.7. The summed E-state index contributed by atoms with van der Waals surface area (Å²) in [6.07, 6.45) is 8.47. The second kappa shape index (κ2) is 10.4. The van der Waals surface area contributed by atoms with Crippen molar-refractivity contribution < 1.29 is 24.2 Å². The molecule has 0 bridgehead atoms. The van der Waals surface area contributed by atoms with Gasteiger partial charge in [-0.2, -0.15) is 0 Å². The van der Waals surface area contributed by atoms with Crippen LogP contribution in [0.1, 0.15) is 25.3 Å². The number of nitrogens with zero attached hydrogens (tertiary/aromatic N) is 3. The highest BCUT2D eigenvalue weighted by Gasteiger charge is 2.74. The van der Waals surface area contributed by atoms with Crippen LogP contribution in [-0.2, 0) is 19.1 Å². The highest BCUT2D eigenvalue weighted by molar-refractivity contribution is 6.34. The summed E-state index contributed by atoms with van der Waals surface area (Å²) in [6, 6.07) is 13.9. The maximum Gasteiger partial charge on any atom is 0.253 e. The maximum absolute atomic E-state index is 14.6. The third-order valence-electron chi connectivity index (χ3n) is 8.89. The normalized spacial score (nSPS) is 30.8. The predicted molar refractivity (Wildman–Crippen MR) is 157 cm³/mol. The number of hydrogen-bond acceptors (Lipinski definition) is 5. The van der Waals surface area contributed by atoms with Crippen molar-refractivity contribution in [3.05, 3.63) is 83.4 Å². The van der Waals surface area contributed by atoms with Gasteiger partial charge in [0.2, 0.25) is 11.8 Å². The minimum Gasteiger partial charge on any atom is -0.396 e. The fraction of sp³-hybridized carbons (Fsp3) is 0.406. The molecule has 1 N–H and O–H groups in total. The quantitative estimate of drug-likeness (QED) is 0.417. The van der Waals surface area contributed by atoms with E-state index < -0.39 is 29.1 Å². The van der Waals surface area contributed by atoms with Gasteiger partial charge in [0.1, 0.15) is 11.6 Å². The monoisotopic (exact) mass is 575 g/mol. The lowest BCUT2D eigenvalue weighted by Crippen LogP contribution is -2.56. The molecule has 2 aromatic rings. The number of aryl methyl sites for hydroxylation is 1. The van der Waals surface area contributed by atoms with E-state index in [9.17, 15) is 19.5 Å². The topological polar surface area (TPSA) is 90.4 Å². The summed E-state index contributed by atoms with van der Waals surface area (Å²) < 4.78 is 6.89. The molecular weight excluding hydrogens is 542 g/mol. The summed E-state index contributed by atoms with van der Waals surface area (Å²) in [6.45, 7) is 4.57. The molecule has 41 heavy (non-hydrogen) atoms. The van der Waals surface area contributed by atoms with Crippen molar-refractivity contribution in [1.29, 1.82) is 0 Å². The van der Waals surface area contributed by atoms with Crippen molar-refractivity contribution in [3.8, 4) is 0 Å². The number of fused-ring (bicyclic) bond motifs is 2. The lowest BCUT2D eigenvalue weighted by Gasteiger charge is -2.37. The molecule has 4 heterocycles. The van der Waals surface area contributed by atoms with Crippen molar-refractivity contribution in [3.63, 3.8) is 0 Å². The molecule has 4 aliphatic heterocycles. The number of para-hydroxylation sites is 2. The Morgan fingerprint density at radius 1 is 0.902 bits per heavy atom. The average Bonchev–Trinajstić information content (AvgIpc) is 3.21. The molecule has 214 valence electrons. The molecule has 3 amide bonds. The smallest absolute Gasteiger partial charge is 0.253 e. The van der Waals surface area contributed by atoms with Crippen LogP contribution < -0.4 is 9.80 Å². The summed E-state index contributed by atoms with van der Waals surface area (Å²) in [5.41, 5.74) is -0.282. The highest BCUT2D eigenvalue weighted by Crippen LogP contribution is 2.58. The summed E-state index contributed by atoms with van der Waals surface area (Å²) in [4.78, 5) is 48.3. The van der Waals surface area contributed by atoms with E-state index in [-0.39, 0.29) is 37.4 Å². The van der Waals surface area contributed by atoms with Gasteiger partial charge in [0.15, 0.2) is 0 Å². The maximum atomic E-state index is 14.6. The van der Waals surface area contributed by atoms with Gasteiger partial charge in [0.05, 0.1) is 28.1 Å². The van der Waals surface area contributed by atoms with Gasteiger partial charge in [-0.3, -0.25) is 14.4 Å². The Hall–Kier alpha value is -3.46. The third-order valence-corrected chi connectivity index (χ3v) is 9.20. The van der Waals surface area contributed by atoms with Gasteiger partial charge in [0, 0.05) is 31.9 Å². The second-order valence-electron chi connectivity index (χ2n) is 11.4. The number of amides is 3. The number of carbonyl (C=O) groups is 3. The number of aliphatic hydroxyl groups excluding tert-OH is 1. The van der Waals surface area contributed by atoms with E-state index in [4.69, 9.17) is 16.3 Å². The summed E-state index contributed by atoms with van der Waals surface area (Å²) in [5.74, 6) is -2.54. The molecule has 2 aromatic carbocycles. The Morgan fingerprint density at radius 2 is 1.63 bits per heavy atom. The molecule has 2 fully saturated rings. The van der Waals surface area contributed by atoms with Crippen LogP contribution in [0.5, 0.6) is 0 Å². The van der Waals surface area contributed by atoms with Gasteiger partial charge in [-0.05, 0) is 50.5 Å². The number of ether oxygens (including phenoxy) is 1. The first-order valence-electron chi connectivity index (χ1n) is 14.1. The molecule has 6 rings (SSSR count). The van der Waals surface area contributed by atoms with Crippen LogP contribution in [0.3, 0.4) is 0 Å². The van der Waals surface area contributed by atoms with Gasteiger partial charge in [-0.15, -0.1) is 0 Å². The van der Waals surface area contributed by atoms with Gasteiger partial charge < -0.3 is 24.5 Å². The molecule has 4 aliphatic rings. The van der Waals surface area contributed by atoms with E-state index in [0.29, 0.717) is 30.1 Å². The fourth-order valence-corrected chi connectivity index (χ4v) is 7.48. The first kappa shape index (κ1) is 27.7. The van der Waals surface area contributed by atoms with Gasteiger partial charge in [0.25, 0.3) is 5.91 Å². The van der Waals surface area contributed by atoms with Crippen molar-refractivity contribution in [2.24, 2.45) is 11.8 Å². The van der Waals surface area contributed by atoms with E-state index in [1.54, 1.807) is 20.8 Å². The third kappa shape index (κ3) is 4.23. The van der Waals surface area contributed by atoms with Crippen LogP contribution in [0, 0.1) is 18.8 Å². The summed E-state index contributed by atoms with van der Waals surface area (Å²) in [7, 11) is 0. The van der Waals surface area contributed by atoms with Crippen molar-refractivity contribution >= 4 is 40.7 Å². The van der Waals surface area contributed by atoms with Crippen LogP contribution >= 0.6 is 11.6 Å². The van der Waals surface area contributed by atoms with Gasteiger partial charge in [-0.25, -0.2) is 0 Å². The van der Waals surface area contributed by atoms with Crippen molar-refractivity contribution in [2.75, 3.05) is 36.0 Å². The molecule has 0 aromatic heterocycles. The number of hydrogen-bond donors (Lipinski definition) is 1. The minimum absolute atomic E-state index is 0.0213. The number of anilines is 2. The van der Waals surface area contributed by atoms with Crippen LogP contribution in [-0.4, -0.2) is 71.2 Å². The Labute approximate surface area is 244 Å². The van der Waals surface area contributed by atoms with Gasteiger partial charge >= 0.3 is 0 Å². The van der Waals surface area contributed by atoms with Crippen LogP contribution in [0.25, 0.3) is 0 Å². The highest BCUT2D eigenvalue weighted by atomic mass is 35.5. The Balaban J connectivity index is 1.47. The molecule has 2 saturated heterocycles.